The van der Waals surface area contributed by atoms with E-state index in [9.17, 15) is 9.59 Å². The first kappa shape index (κ1) is 23.0. The van der Waals surface area contributed by atoms with Crippen molar-refractivity contribution in [3.05, 3.63) is 59.9 Å². The number of ether oxygens (including phenoxy) is 2. The summed E-state index contributed by atoms with van der Waals surface area (Å²) in [7, 11) is 0. The molecule has 174 valence electrons. The van der Waals surface area contributed by atoms with Gasteiger partial charge in [-0.05, 0) is 62.7 Å². The maximum Gasteiger partial charge on any atom is 0.410 e. The number of Topliss-reactive ketones (excluding diaryl/α,β-unsaturated/α-hetero) is 1. The molecule has 0 spiro atoms. The number of aromatic nitrogens is 1. The number of pyridine rings is 1. The highest BCUT2D eigenvalue weighted by atomic mass is 16.6. The van der Waals surface area contributed by atoms with Crippen LogP contribution in [0.3, 0.4) is 0 Å². The molecule has 2 aromatic rings. The van der Waals surface area contributed by atoms with Crippen molar-refractivity contribution in [2.24, 2.45) is 4.99 Å². The lowest BCUT2D eigenvalue weighted by molar-refractivity contribution is -0.118. The third-order valence-corrected chi connectivity index (χ3v) is 5.78. The number of ketones is 1. The van der Waals surface area contributed by atoms with Crippen LogP contribution < -0.4 is 4.74 Å². The van der Waals surface area contributed by atoms with Crippen LogP contribution >= 0.6 is 0 Å². The van der Waals surface area contributed by atoms with Gasteiger partial charge in [0.05, 0.1) is 18.2 Å². The van der Waals surface area contributed by atoms with Crippen LogP contribution in [-0.2, 0) is 9.53 Å². The van der Waals surface area contributed by atoms with Gasteiger partial charge in [-0.2, -0.15) is 0 Å². The van der Waals surface area contributed by atoms with Crippen molar-refractivity contribution in [3.8, 4) is 5.75 Å². The number of hydrogen-bond acceptors (Lipinski definition) is 6. The molecule has 2 aliphatic rings. The Hall–Kier alpha value is -3.22. The van der Waals surface area contributed by atoms with Crippen LogP contribution in [0, 0.1) is 0 Å². The van der Waals surface area contributed by atoms with Crippen LogP contribution in [-0.4, -0.2) is 58.8 Å². The molecule has 0 aliphatic carbocycles. The Morgan fingerprint density at radius 3 is 2.42 bits per heavy atom. The number of amides is 1. The van der Waals surface area contributed by atoms with Crippen LogP contribution in [0.15, 0.2) is 53.7 Å². The smallest absolute Gasteiger partial charge is 0.410 e. The molecule has 1 amide bonds. The Balaban J connectivity index is 1.37. The third kappa shape index (κ3) is 5.97. The summed E-state index contributed by atoms with van der Waals surface area (Å²) in [6.07, 6.45) is 3.48. The lowest BCUT2D eigenvalue weighted by atomic mass is 9.86. The van der Waals surface area contributed by atoms with E-state index in [0.29, 0.717) is 19.5 Å². The number of hydrogen-bond donors (Lipinski definition) is 0. The Morgan fingerprint density at radius 1 is 1.06 bits per heavy atom. The van der Waals surface area contributed by atoms with Crippen molar-refractivity contribution in [1.29, 1.82) is 0 Å². The highest BCUT2D eigenvalue weighted by Gasteiger charge is 2.29. The molecule has 7 heteroatoms. The van der Waals surface area contributed by atoms with Crippen molar-refractivity contribution < 1.29 is 19.1 Å². The number of piperidine rings is 1. The summed E-state index contributed by atoms with van der Waals surface area (Å²) in [4.78, 5) is 35.1. The second-order valence-corrected chi connectivity index (χ2v) is 9.56. The Morgan fingerprint density at radius 2 is 1.79 bits per heavy atom. The average molecular weight is 450 g/mol. The SMILES string of the molecule is CC(C)(C)OC(=O)N1CCC(Oc2ccc(C3=NCC(=O)CC3c3ccccn3)cc2)CC1. The fourth-order valence-corrected chi connectivity index (χ4v) is 4.17. The lowest BCUT2D eigenvalue weighted by Crippen LogP contribution is -2.44. The summed E-state index contributed by atoms with van der Waals surface area (Å²) in [5.74, 6) is 0.792. The fraction of sp³-hybridized carbons (Fsp3) is 0.462. The van der Waals surface area contributed by atoms with Gasteiger partial charge in [-0.25, -0.2) is 4.79 Å². The monoisotopic (exact) mass is 449 g/mol. The number of carbonyl (C=O) groups is 2. The summed E-state index contributed by atoms with van der Waals surface area (Å²) in [6, 6.07) is 13.6. The summed E-state index contributed by atoms with van der Waals surface area (Å²) in [5, 5.41) is 0. The molecule has 0 N–H and O–H groups in total. The topological polar surface area (TPSA) is 81.1 Å². The summed E-state index contributed by atoms with van der Waals surface area (Å²) < 4.78 is 11.6. The molecule has 1 aromatic carbocycles. The molecule has 1 unspecified atom stereocenters. The van der Waals surface area contributed by atoms with E-state index in [1.165, 1.54) is 0 Å². The van der Waals surface area contributed by atoms with Crippen molar-refractivity contribution in [3.63, 3.8) is 0 Å². The second-order valence-electron chi connectivity index (χ2n) is 9.56. The molecular weight excluding hydrogens is 418 g/mol. The Labute approximate surface area is 194 Å². The van der Waals surface area contributed by atoms with Crippen LogP contribution in [0.4, 0.5) is 4.79 Å². The van der Waals surface area contributed by atoms with E-state index in [4.69, 9.17) is 9.47 Å². The van der Waals surface area contributed by atoms with E-state index in [0.717, 1.165) is 35.6 Å². The maximum absolute atomic E-state index is 12.2. The molecule has 1 saturated heterocycles. The Bertz CT molecular complexity index is 1000. The molecular formula is C26H31N3O4. The number of aliphatic imine (C=N–C) groups is 1. The van der Waals surface area contributed by atoms with Gasteiger partial charge in [0.2, 0.25) is 0 Å². The van der Waals surface area contributed by atoms with Gasteiger partial charge in [-0.1, -0.05) is 6.07 Å². The lowest BCUT2D eigenvalue weighted by Gasteiger charge is -2.33. The summed E-state index contributed by atoms with van der Waals surface area (Å²) in [5.41, 5.74) is 2.25. The molecule has 2 aliphatic heterocycles. The fourth-order valence-electron chi connectivity index (χ4n) is 4.17. The van der Waals surface area contributed by atoms with Gasteiger partial charge in [-0.3, -0.25) is 14.8 Å². The van der Waals surface area contributed by atoms with Crippen molar-refractivity contribution in [1.82, 2.24) is 9.88 Å². The van der Waals surface area contributed by atoms with Crippen LogP contribution in [0.25, 0.3) is 0 Å². The molecule has 4 rings (SSSR count). The molecule has 7 nitrogen and oxygen atoms in total. The summed E-state index contributed by atoms with van der Waals surface area (Å²) in [6.45, 7) is 7.08. The number of benzene rings is 1. The average Bonchev–Trinajstić information content (AvgIpc) is 2.80. The van der Waals surface area contributed by atoms with E-state index in [2.05, 4.69) is 9.98 Å². The normalized spacial score (nSPS) is 19.7. The second kappa shape index (κ2) is 9.73. The molecule has 1 aromatic heterocycles. The number of carbonyl (C=O) groups excluding carboxylic acids is 2. The van der Waals surface area contributed by atoms with Crippen molar-refractivity contribution in [2.45, 2.75) is 57.7 Å². The van der Waals surface area contributed by atoms with E-state index in [1.807, 2.05) is 63.2 Å². The van der Waals surface area contributed by atoms with Crippen molar-refractivity contribution in [2.75, 3.05) is 19.6 Å². The molecule has 1 atom stereocenters. The van der Waals surface area contributed by atoms with Crippen LogP contribution in [0.5, 0.6) is 5.75 Å². The van der Waals surface area contributed by atoms with Gasteiger partial charge >= 0.3 is 6.09 Å². The molecule has 1 fully saturated rings. The minimum Gasteiger partial charge on any atom is -0.490 e. The van der Waals surface area contributed by atoms with E-state index >= 15 is 0 Å². The highest BCUT2D eigenvalue weighted by molar-refractivity contribution is 6.09. The largest absolute Gasteiger partial charge is 0.490 e. The van der Waals surface area contributed by atoms with Crippen molar-refractivity contribution >= 4 is 17.6 Å². The van der Waals surface area contributed by atoms with Gasteiger partial charge in [0.25, 0.3) is 0 Å². The number of nitrogens with zero attached hydrogens (tertiary/aromatic N) is 3. The minimum absolute atomic E-state index is 0.0560. The van der Waals surface area contributed by atoms with E-state index < -0.39 is 5.60 Å². The first-order valence-electron chi connectivity index (χ1n) is 11.5. The highest BCUT2D eigenvalue weighted by Crippen LogP contribution is 2.29. The minimum atomic E-state index is -0.488. The molecule has 3 heterocycles. The molecule has 0 radical (unpaired) electrons. The van der Waals surface area contributed by atoms with E-state index in [1.54, 1.807) is 11.1 Å². The van der Waals surface area contributed by atoms with Gasteiger partial charge < -0.3 is 14.4 Å². The quantitative estimate of drug-likeness (QED) is 0.691. The predicted molar refractivity (Wildman–Crippen MR) is 126 cm³/mol. The standard InChI is InChI=1S/C26H31N3O4/c1-26(2,3)33-25(31)29-14-11-21(12-15-29)32-20-9-7-18(8-10-20)24-22(16-19(30)17-28-24)23-6-4-5-13-27-23/h4-10,13,21-22H,11-12,14-17H2,1-3H3. The molecule has 0 bridgehead atoms. The van der Waals surface area contributed by atoms with Gasteiger partial charge in [0.15, 0.2) is 5.78 Å². The first-order chi connectivity index (χ1) is 15.8. The van der Waals surface area contributed by atoms with Gasteiger partial charge in [0.1, 0.15) is 17.5 Å². The zero-order valence-electron chi connectivity index (χ0n) is 19.5. The maximum atomic E-state index is 12.2. The van der Waals surface area contributed by atoms with Crippen LogP contribution in [0.1, 0.15) is 57.2 Å². The Kier molecular flexibility index (Phi) is 6.77. The first-order valence-corrected chi connectivity index (χ1v) is 11.5. The number of rotatable bonds is 4. The summed E-state index contributed by atoms with van der Waals surface area (Å²) >= 11 is 0. The van der Waals surface area contributed by atoms with Crippen LogP contribution in [0.2, 0.25) is 0 Å². The van der Waals surface area contributed by atoms with E-state index in [-0.39, 0.29) is 30.4 Å². The number of likely N-dealkylation sites (tertiary alicyclic amines) is 1. The molecule has 0 saturated carbocycles. The predicted octanol–water partition coefficient (Wildman–Crippen LogP) is 4.41. The third-order valence-electron chi connectivity index (χ3n) is 5.78. The molecule has 33 heavy (non-hydrogen) atoms. The van der Waals surface area contributed by atoms with Gasteiger partial charge in [0, 0.05) is 44.2 Å². The van der Waals surface area contributed by atoms with Gasteiger partial charge in [-0.15, -0.1) is 0 Å². The zero-order chi connectivity index (χ0) is 23.4. The zero-order valence-corrected chi connectivity index (χ0v) is 19.5.